The number of rotatable bonds is 5. The molecule has 0 saturated heterocycles. The van der Waals surface area contributed by atoms with Gasteiger partial charge in [0.05, 0.1) is 23.3 Å². The minimum absolute atomic E-state index is 0.335. The van der Waals surface area contributed by atoms with Crippen molar-refractivity contribution in [3.63, 3.8) is 0 Å². The second-order valence-electron chi connectivity index (χ2n) is 5.46. The van der Waals surface area contributed by atoms with Crippen molar-refractivity contribution in [2.75, 3.05) is 6.61 Å². The van der Waals surface area contributed by atoms with Crippen LogP contribution in [0.25, 0.3) is 0 Å². The average Bonchev–Trinajstić information content (AvgIpc) is 2.96. The molecule has 2 unspecified atom stereocenters. The molecule has 0 spiro atoms. The van der Waals surface area contributed by atoms with Crippen molar-refractivity contribution in [1.29, 1.82) is 0 Å². The van der Waals surface area contributed by atoms with Crippen LogP contribution in [-0.4, -0.2) is 21.3 Å². The van der Waals surface area contributed by atoms with Gasteiger partial charge in [0.2, 0.25) is 0 Å². The van der Waals surface area contributed by atoms with E-state index in [-0.39, 0.29) is 0 Å². The molecule has 0 aliphatic carbocycles. The summed E-state index contributed by atoms with van der Waals surface area (Å²) in [6.07, 6.45) is 3.07. The van der Waals surface area contributed by atoms with E-state index in [1.807, 2.05) is 18.2 Å². The second kappa shape index (κ2) is 6.54. The van der Waals surface area contributed by atoms with Gasteiger partial charge in [-0.2, -0.15) is 0 Å². The summed E-state index contributed by atoms with van der Waals surface area (Å²) in [7, 11) is 0. The van der Waals surface area contributed by atoms with Crippen molar-refractivity contribution in [2.24, 2.45) is 0 Å². The normalized spacial score (nSPS) is 18.9. The molecular weight excluding hydrogens is 284 g/mol. The van der Waals surface area contributed by atoms with Crippen LogP contribution in [0.15, 0.2) is 24.3 Å². The Labute approximate surface area is 128 Å². The maximum atomic E-state index is 10.6. The number of ether oxygens (including phenoxy) is 1. The largest absolute Gasteiger partial charge is 0.493 e. The van der Waals surface area contributed by atoms with E-state index < -0.39 is 6.10 Å². The van der Waals surface area contributed by atoms with Crippen molar-refractivity contribution >= 4 is 11.5 Å². The smallest absolute Gasteiger partial charge is 0.122 e. The number of hydrogen-bond acceptors (Lipinski definition) is 5. The number of fused-ring (bicyclic) bond motifs is 1. The molecule has 0 radical (unpaired) electrons. The highest BCUT2D eigenvalue weighted by Gasteiger charge is 2.26. The van der Waals surface area contributed by atoms with E-state index in [1.54, 1.807) is 0 Å². The van der Waals surface area contributed by atoms with Crippen molar-refractivity contribution in [1.82, 2.24) is 9.59 Å². The zero-order valence-corrected chi connectivity index (χ0v) is 13.0. The summed E-state index contributed by atoms with van der Waals surface area (Å²) in [4.78, 5) is 0.931. The van der Waals surface area contributed by atoms with Gasteiger partial charge in [-0.3, -0.25) is 0 Å². The van der Waals surface area contributed by atoms with E-state index in [9.17, 15) is 5.11 Å². The lowest BCUT2D eigenvalue weighted by Crippen LogP contribution is -2.16. The minimum atomic E-state index is -0.484. The molecule has 1 aromatic carbocycles. The van der Waals surface area contributed by atoms with Crippen molar-refractivity contribution in [2.45, 2.75) is 44.6 Å². The molecule has 4 nitrogen and oxygen atoms in total. The van der Waals surface area contributed by atoms with Crippen LogP contribution in [0.5, 0.6) is 5.75 Å². The fourth-order valence-corrected chi connectivity index (χ4v) is 3.61. The third-order valence-corrected chi connectivity index (χ3v) is 4.83. The summed E-state index contributed by atoms with van der Waals surface area (Å²) >= 11 is 1.33. The zero-order valence-electron chi connectivity index (χ0n) is 12.2. The third kappa shape index (κ3) is 3.09. The Morgan fingerprint density at radius 1 is 1.43 bits per heavy atom. The monoisotopic (exact) mass is 304 g/mol. The molecule has 112 valence electrons. The van der Waals surface area contributed by atoms with Gasteiger partial charge in [0.25, 0.3) is 0 Å². The van der Waals surface area contributed by atoms with Gasteiger partial charge in [-0.05, 0) is 48.3 Å². The van der Waals surface area contributed by atoms with Crippen LogP contribution in [0.2, 0.25) is 0 Å². The summed E-state index contributed by atoms with van der Waals surface area (Å²) in [5.41, 5.74) is 2.16. The first-order valence-corrected chi connectivity index (χ1v) is 8.27. The SMILES string of the molecule is CCCc1nnsc1C(O)CC1CCOc2ccccc21. The van der Waals surface area contributed by atoms with Gasteiger partial charge in [-0.25, -0.2) is 0 Å². The number of aryl methyl sites for hydroxylation is 1. The third-order valence-electron chi connectivity index (χ3n) is 3.97. The van der Waals surface area contributed by atoms with Crippen molar-refractivity contribution < 1.29 is 9.84 Å². The van der Waals surface area contributed by atoms with Gasteiger partial charge in [-0.15, -0.1) is 5.10 Å². The maximum absolute atomic E-state index is 10.6. The predicted molar refractivity (Wildman–Crippen MR) is 82.8 cm³/mol. The minimum Gasteiger partial charge on any atom is -0.493 e. The van der Waals surface area contributed by atoms with Crippen LogP contribution in [0.4, 0.5) is 0 Å². The molecule has 3 rings (SSSR count). The number of aromatic nitrogens is 2. The van der Waals surface area contributed by atoms with Gasteiger partial charge in [0.1, 0.15) is 5.75 Å². The van der Waals surface area contributed by atoms with Gasteiger partial charge < -0.3 is 9.84 Å². The molecule has 1 aliphatic heterocycles. The molecule has 0 bridgehead atoms. The van der Waals surface area contributed by atoms with Crippen LogP contribution in [0, 0.1) is 0 Å². The summed E-state index contributed by atoms with van der Waals surface area (Å²) < 4.78 is 9.69. The Morgan fingerprint density at radius 3 is 3.14 bits per heavy atom. The molecule has 1 aromatic heterocycles. The van der Waals surface area contributed by atoms with E-state index in [1.165, 1.54) is 17.1 Å². The maximum Gasteiger partial charge on any atom is 0.122 e. The summed E-state index contributed by atoms with van der Waals surface area (Å²) in [6.45, 7) is 2.83. The molecule has 0 saturated carbocycles. The molecule has 0 amide bonds. The van der Waals surface area contributed by atoms with E-state index in [0.717, 1.165) is 42.2 Å². The molecule has 2 atom stereocenters. The number of benzene rings is 1. The van der Waals surface area contributed by atoms with E-state index in [4.69, 9.17) is 4.74 Å². The quantitative estimate of drug-likeness (QED) is 0.919. The Balaban J connectivity index is 1.76. The molecule has 21 heavy (non-hydrogen) atoms. The van der Waals surface area contributed by atoms with Crippen molar-refractivity contribution in [3.8, 4) is 5.75 Å². The number of nitrogens with zero attached hydrogens (tertiary/aromatic N) is 2. The summed E-state index contributed by atoms with van der Waals surface area (Å²) in [5, 5.41) is 14.7. The van der Waals surface area contributed by atoms with Gasteiger partial charge >= 0.3 is 0 Å². The number of aliphatic hydroxyl groups is 1. The van der Waals surface area contributed by atoms with E-state index in [2.05, 4.69) is 22.6 Å². The first-order valence-electron chi connectivity index (χ1n) is 7.50. The topological polar surface area (TPSA) is 55.2 Å². The Hall–Kier alpha value is -1.46. The molecular formula is C16H20N2O2S. The summed E-state index contributed by atoms with van der Waals surface area (Å²) in [6, 6.07) is 8.13. The second-order valence-corrected chi connectivity index (χ2v) is 6.24. The van der Waals surface area contributed by atoms with Gasteiger partial charge in [-0.1, -0.05) is 36.0 Å². The fraction of sp³-hybridized carbons (Fsp3) is 0.500. The van der Waals surface area contributed by atoms with Crippen LogP contribution in [0.1, 0.15) is 54.3 Å². The fourth-order valence-electron chi connectivity index (χ4n) is 2.92. The zero-order chi connectivity index (χ0) is 14.7. The first-order chi connectivity index (χ1) is 10.3. The van der Waals surface area contributed by atoms with Crippen LogP contribution in [0.3, 0.4) is 0 Å². The molecule has 1 N–H and O–H groups in total. The Bertz CT molecular complexity index is 599. The van der Waals surface area contributed by atoms with Crippen LogP contribution < -0.4 is 4.74 Å². The lowest BCUT2D eigenvalue weighted by atomic mass is 9.87. The van der Waals surface area contributed by atoms with Gasteiger partial charge in [0, 0.05) is 0 Å². The Kier molecular flexibility index (Phi) is 4.51. The predicted octanol–water partition coefficient (Wildman–Crippen LogP) is 3.48. The highest BCUT2D eigenvalue weighted by Crippen LogP contribution is 2.39. The van der Waals surface area contributed by atoms with E-state index in [0.29, 0.717) is 12.3 Å². The highest BCUT2D eigenvalue weighted by atomic mass is 32.1. The molecule has 5 heteroatoms. The average molecular weight is 304 g/mol. The van der Waals surface area contributed by atoms with Crippen molar-refractivity contribution in [3.05, 3.63) is 40.4 Å². The number of para-hydroxylation sites is 1. The van der Waals surface area contributed by atoms with Crippen LogP contribution >= 0.6 is 11.5 Å². The molecule has 1 aliphatic rings. The number of aliphatic hydroxyl groups excluding tert-OH is 1. The Morgan fingerprint density at radius 2 is 2.29 bits per heavy atom. The molecule has 2 aromatic rings. The summed E-state index contributed by atoms with van der Waals surface area (Å²) in [5.74, 6) is 1.29. The van der Waals surface area contributed by atoms with Crippen LogP contribution in [-0.2, 0) is 6.42 Å². The number of hydrogen-bond donors (Lipinski definition) is 1. The highest BCUT2D eigenvalue weighted by molar-refractivity contribution is 7.05. The standard InChI is InChI=1S/C16H20N2O2S/c1-2-5-13-16(21-18-17-13)14(19)10-11-8-9-20-15-7-4-3-6-12(11)15/h3-4,6-7,11,14,19H,2,5,8-10H2,1H3. The van der Waals surface area contributed by atoms with Gasteiger partial charge in [0.15, 0.2) is 0 Å². The molecule has 0 fully saturated rings. The lowest BCUT2D eigenvalue weighted by Gasteiger charge is -2.27. The molecule has 2 heterocycles. The van der Waals surface area contributed by atoms with E-state index >= 15 is 0 Å². The lowest BCUT2D eigenvalue weighted by molar-refractivity contribution is 0.147. The first kappa shape index (κ1) is 14.5.